The maximum absolute atomic E-state index is 12.5. The average Bonchev–Trinajstić information content (AvgIpc) is 2.48. The summed E-state index contributed by atoms with van der Waals surface area (Å²) in [5, 5.41) is 0. The quantitative estimate of drug-likeness (QED) is 0.402. The SMILES string of the molecule is O=C(Oc1ccccc1CC(F)(F)F)Oc1ccccc1CC(F)(F)F. The van der Waals surface area contributed by atoms with Crippen LogP contribution in [0.1, 0.15) is 11.1 Å². The highest BCUT2D eigenvalue weighted by Crippen LogP contribution is 2.29. The summed E-state index contributed by atoms with van der Waals surface area (Å²) in [6.45, 7) is 0. The molecule has 0 bridgehead atoms. The Morgan fingerprint density at radius 3 is 1.38 bits per heavy atom. The van der Waals surface area contributed by atoms with Gasteiger partial charge in [0.2, 0.25) is 0 Å². The molecule has 140 valence electrons. The molecule has 0 saturated carbocycles. The Hall–Kier alpha value is -2.71. The van der Waals surface area contributed by atoms with Crippen LogP contribution in [0, 0.1) is 0 Å². The summed E-state index contributed by atoms with van der Waals surface area (Å²) in [6.07, 6.45) is -13.2. The van der Waals surface area contributed by atoms with E-state index in [4.69, 9.17) is 9.47 Å². The molecular formula is C17H12F6O3. The fourth-order valence-corrected chi connectivity index (χ4v) is 2.13. The summed E-state index contributed by atoms with van der Waals surface area (Å²) >= 11 is 0. The van der Waals surface area contributed by atoms with Gasteiger partial charge in [0.05, 0.1) is 12.8 Å². The number of carbonyl (C=O) groups is 1. The van der Waals surface area contributed by atoms with Crippen molar-refractivity contribution in [3.05, 3.63) is 59.7 Å². The van der Waals surface area contributed by atoms with Gasteiger partial charge in [-0.15, -0.1) is 0 Å². The van der Waals surface area contributed by atoms with Crippen LogP contribution in [0.15, 0.2) is 48.5 Å². The van der Waals surface area contributed by atoms with Crippen molar-refractivity contribution in [1.29, 1.82) is 0 Å². The number of alkyl halides is 6. The van der Waals surface area contributed by atoms with Crippen LogP contribution in [0.25, 0.3) is 0 Å². The number of hydrogen-bond donors (Lipinski definition) is 0. The standard InChI is InChI=1S/C17H12F6O3/c18-16(19,20)9-11-5-1-3-7-13(11)25-15(24)26-14-8-4-2-6-12(14)10-17(21,22)23/h1-8H,9-10H2. The monoisotopic (exact) mass is 378 g/mol. The Bertz CT molecular complexity index is 704. The molecule has 0 unspecified atom stereocenters. The fourth-order valence-electron chi connectivity index (χ4n) is 2.13. The van der Waals surface area contributed by atoms with Gasteiger partial charge in [-0.25, -0.2) is 4.79 Å². The van der Waals surface area contributed by atoms with Gasteiger partial charge in [0.25, 0.3) is 0 Å². The zero-order chi connectivity index (χ0) is 19.4. The molecule has 0 radical (unpaired) electrons. The molecule has 0 heterocycles. The van der Waals surface area contributed by atoms with Crippen molar-refractivity contribution in [2.24, 2.45) is 0 Å². The minimum absolute atomic E-state index is 0.305. The zero-order valence-corrected chi connectivity index (χ0v) is 13.0. The summed E-state index contributed by atoms with van der Waals surface area (Å²) in [4.78, 5) is 11.8. The largest absolute Gasteiger partial charge is 0.519 e. The van der Waals surface area contributed by atoms with Crippen LogP contribution in [-0.2, 0) is 12.8 Å². The summed E-state index contributed by atoms with van der Waals surface area (Å²) < 4.78 is 84.7. The second kappa shape index (κ2) is 7.67. The van der Waals surface area contributed by atoms with Gasteiger partial charge in [-0.2, -0.15) is 26.3 Å². The Labute approximate surface area is 144 Å². The van der Waals surface area contributed by atoms with Crippen molar-refractivity contribution in [2.75, 3.05) is 0 Å². The second-order valence-electron chi connectivity index (χ2n) is 5.25. The van der Waals surface area contributed by atoms with E-state index < -0.39 is 31.3 Å². The Morgan fingerprint density at radius 2 is 1.04 bits per heavy atom. The van der Waals surface area contributed by atoms with Crippen molar-refractivity contribution >= 4 is 6.16 Å². The van der Waals surface area contributed by atoms with Crippen LogP contribution in [0.3, 0.4) is 0 Å². The first kappa shape index (κ1) is 19.6. The molecule has 3 nitrogen and oxygen atoms in total. The lowest BCUT2D eigenvalue weighted by atomic mass is 10.1. The average molecular weight is 378 g/mol. The predicted molar refractivity (Wildman–Crippen MR) is 79.1 cm³/mol. The van der Waals surface area contributed by atoms with Crippen molar-refractivity contribution in [2.45, 2.75) is 25.2 Å². The third-order valence-corrected chi connectivity index (χ3v) is 3.11. The molecule has 2 rings (SSSR count). The lowest BCUT2D eigenvalue weighted by Crippen LogP contribution is -2.19. The molecule has 2 aromatic rings. The van der Waals surface area contributed by atoms with E-state index in [-0.39, 0.29) is 22.6 Å². The molecule has 0 aliphatic heterocycles. The van der Waals surface area contributed by atoms with E-state index in [1.807, 2.05) is 0 Å². The molecule has 0 atom stereocenters. The lowest BCUT2D eigenvalue weighted by molar-refractivity contribution is -0.128. The van der Waals surface area contributed by atoms with E-state index in [1.54, 1.807) is 0 Å². The van der Waals surface area contributed by atoms with Gasteiger partial charge in [0.1, 0.15) is 11.5 Å². The predicted octanol–water partition coefficient (Wildman–Crippen LogP) is 5.47. The Kier molecular flexibility index (Phi) is 5.79. The number of hydrogen-bond acceptors (Lipinski definition) is 3. The molecule has 0 fully saturated rings. The summed E-state index contributed by atoms with van der Waals surface area (Å²) in [6, 6.07) is 9.85. The number of para-hydroxylation sites is 2. The van der Waals surface area contributed by atoms with Gasteiger partial charge < -0.3 is 9.47 Å². The minimum Gasteiger partial charge on any atom is -0.394 e. The molecular weight excluding hydrogens is 366 g/mol. The van der Waals surface area contributed by atoms with Gasteiger partial charge in [0, 0.05) is 11.1 Å². The Morgan fingerprint density at radius 1 is 0.692 bits per heavy atom. The van der Waals surface area contributed by atoms with E-state index >= 15 is 0 Å². The molecule has 0 saturated heterocycles. The van der Waals surface area contributed by atoms with E-state index in [9.17, 15) is 31.1 Å². The highest BCUT2D eigenvalue weighted by atomic mass is 19.4. The van der Waals surface area contributed by atoms with Gasteiger partial charge in [-0.05, 0) is 12.1 Å². The van der Waals surface area contributed by atoms with Crippen molar-refractivity contribution in [3.8, 4) is 11.5 Å². The topological polar surface area (TPSA) is 35.5 Å². The zero-order valence-electron chi connectivity index (χ0n) is 13.0. The number of ether oxygens (including phenoxy) is 2. The fraction of sp³-hybridized carbons (Fsp3) is 0.235. The molecule has 0 N–H and O–H groups in total. The van der Waals surface area contributed by atoms with Crippen molar-refractivity contribution in [3.63, 3.8) is 0 Å². The van der Waals surface area contributed by atoms with E-state index in [1.165, 1.54) is 24.3 Å². The number of carbonyl (C=O) groups excluding carboxylic acids is 1. The van der Waals surface area contributed by atoms with Gasteiger partial charge >= 0.3 is 18.5 Å². The van der Waals surface area contributed by atoms with E-state index in [0.717, 1.165) is 24.3 Å². The summed E-state index contributed by atoms with van der Waals surface area (Å²) in [5.74, 6) is -0.772. The summed E-state index contributed by atoms with van der Waals surface area (Å²) in [5.41, 5.74) is -0.610. The third kappa shape index (κ3) is 6.30. The number of rotatable bonds is 4. The van der Waals surface area contributed by atoms with Gasteiger partial charge in [0.15, 0.2) is 0 Å². The number of benzene rings is 2. The second-order valence-corrected chi connectivity index (χ2v) is 5.25. The maximum atomic E-state index is 12.5. The van der Waals surface area contributed by atoms with Crippen molar-refractivity contribution in [1.82, 2.24) is 0 Å². The maximum Gasteiger partial charge on any atom is 0.519 e. The van der Waals surface area contributed by atoms with Crippen molar-refractivity contribution < 1.29 is 40.6 Å². The van der Waals surface area contributed by atoms with Crippen LogP contribution in [-0.4, -0.2) is 18.5 Å². The smallest absolute Gasteiger partial charge is 0.394 e. The van der Waals surface area contributed by atoms with Crippen LogP contribution in [0.4, 0.5) is 31.1 Å². The highest BCUT2D eigenvalue weighted by molar-refractivity contribution is 5.68. The summed E-state index contributed by atoms with van der Waals surface area (Å²) in [7, 11) is 0. The van der Waals surface area contributed by atoms with Gasteiger partial charge in [-0.3, -0.25) is 0 Å². The molecule has 0 aliphatic rings. The van der Waals surface area contributed by atoms with Gasteiger partial charge in [-0.1, -0.05) is 36.4 Å². The van der Waals surface area contributed by atoms with Crippen LogP contribution in [0.5, 0.6) is 11.5 Å². The molecule has 0 amide bonds. The molecule has 2 aromatic carbocycles. The molecule has 0 spiro atoms. The first-order valence-corrected chi connectivity index (χ1v) is 7.22. The van der Waals surface area contributed by atoms with Crippen LogP contribution < -0.4 is 9.47 Å². The van der Waals surface area contributed by atoms with E-state index in [0.29, 0.717) is 0 Å². The third-order valence-electron chi connectivity index (χ3n) is 3.11. The molecule has 0 aliphatic carbocycles. The lowest BCUT2D eigenvalue weighted by Gasteiger charge is -2.14. The molecule has 9 heteroatoms. The molecule has 26 heavy (non-hydrogen) atoms. The molecule has 0 aromatic heterocycles. The van der Waals surface area contributed by atoms with Crippen LogP contribution in [0.2, 0.25) is 0 Å². The number of halogens is 6. The minimum atomic E-state index is -4.53. The van der Waals surface area contributed by atoms with E-state index in [2.05, 4.69) is 0 Å². The van der Waals surface area contributed by atoms with Crippen LogP contribution >= 0.6 is 0 Å². The first-order chi connectivity index (χ1) is 12.0. The first-order valence-electron chi connectivity index (χ1n) is 7.22. The normalized spacial score (nSPS) is 11.9. The Balaban J connectivity index is 2.14. The highest BCUT2D eigenvalue weighted by Gasteiger charge is 2.31.